The van der Waals surface area contributed by atoms with Crippen LogP contribution in [-0.4, -0.2) is 36.1 Å². The number of halogens is 3. The number of alkyl halides is 1. The number of fused-ring (bicyclic) bond motifs is 2. The van der Waals surface area contributed by atoms with Gasteiger partial charge in [-0.25, -0.2) is 0 Å². The molecular formula is C20H22Cl3N3O2S. The molecule has 0 fully saturated rings. The van der Waals surface area contributed by atoms with E-state index in [0.717, 1.165) is 35.8 Å². The van der Waals surface area contributed by atoms with E-state index >= 15 is 0 Å². The minimum atomic E-state index is -0.142. The highest BCUT2D eigenvalue weighted by Gasteiger charge is 2.13. The zero-order valence-electron chi connectivity index (χ0n) is 15.8. The Balaban J connectivity index is 0.000000165. The van der Waals surface area contributed by atoms with Crippen LogP contribution in [0, 0.1) is 0 Å². The second-order valence-electron chi connectivity index (χ2n) is 6.35. The van der Waals surface area contributed by atoms with Crippen molar-refractivity contribution < 1.29 is 9.59 Å². The molecule has 29 heavy (non-hydrogen) atoms. The third-order valence-electron chi connectivity index (χ3n) is 4.31. The molecule has 0 radical (unpaired) electrons. The molecule has 0 saturated heterocycles. The largest absolute Gasteiger partial charge is 0.358 e. The third-order valence-corrected chi connectivity index (χ3v) is 6.48. The highest BCUT2D eigenvalue weighted by Crippen LogP contribution is 2.38. The van der Waals surface area contributed by atoms with Gasteiger partial charge in [-0.3, -0.25) is 9.59 Å². The Morgan fingerprint density at radius 3 is 2.59 bits per heavy atom. The molecule has 1 aliphatic rings. The van der Waals surface area contributed by atoms with Gasteiger partial charge in [0.1, 0.15) is 10.2 Å². The summed E-state index contributed by atoms with van der Waals surface area (Å²) in [6.45, 7) is 0. The Labute approximate surface area is 188 Å². The molecule has 5 nitrogen and oxygen atoms in total. The summed E-state index contributed by atoms with van der Waals surface area (Å²) in [7, 11) is 1.55. The van der Waals surface area contributed by atoms with E-state index < -0.39 is 0 Å². The molecule has 0 aliphatic heterocycles. The smallest absolute Gasteiger partial charge is 0.234 e. The van der Waals surface area contributed by atoms with E-state index in [-0.39, 0.29) is 11.8 Å². The first kappa shape index (κ1) is 23.7. The summed E-state index contributed by atoms with van der Waals surface area (Å²) in [4.78, 5) is 23.2. The number of nitrogens with two attached hydrogens (primary N) is 1. The summed E-state index contributed by atoms with van der Waals surface area (Å²) in [5.74, 6) is -0.0899. The van der Waals surface area contributed by atoms with E-state index in [4.69, 9.17) is 40.5 Å². The lowest BCUT2D eigenvalue weighted by Crippen LogP contribution is -2.27. The lowest BCUT2D eigenvalue weighted by molar-refractivity contribution is -0.118. The van der Waals surface area contributed by atoms with Gasteiger partial charge in [0, 0.05) is 13.1 Å². The number of H-pyrrole nitrogens is 1. The van der Waals surface area contributed by atoms with Gasteiger partial charge in [0.05, 0.1) is 20.9 Å². The predicted octanol–water partition coefficient (Wildman–Crippen LogP) is 4.82. The van der Waals surface area contributed by atoms with Gasteiger partial charge in [0.25, 0.3) is 0 Å². The molecule has 9 heteroatoms. The number of hydrogen-bond acceptors (Lipinski definition) is 4. The molecule has 0 spiro atoms. The Kier molecular flexibility index (Phi) is 9.46. The van der Waals surface area contributed by atoms with Gasteiger partial charge in [0.15, 0.2) is 6.29 Å². The first-order valence-electron chi connectivity index (χ1n) is 8.90. The second kappa shape index (κ2) is 11.6. The van der Waals surface area contributed by atoms with Crippen LogP contribution in [0.2, 0.25) is 9.36 Å². The minimum Gasteiger partial charge on any atom is -0.358 e. The molecule has 4 N–H and O–H groups in total. The Morgan fingerprint density at radius 1 is 1.34 bits per heavy atom. The van der Waals surface area contributed by atoms with Gasteiger partial charge < -0.3 is 16.0 Å². The SMILES string of the molecule is CNC(=O)CCl.NC1CCc2ccccc2C1.O=Cc1cc2sc(Cl)c(Cl)c2[nH]1. The number of carbonyl (C=O) groups is 2. The van der Waals surface area contributed by atoms with Crippen LogP contribution in [0.1, 0.15) is 28.0 Å². The summed E-state index contributed by atoms with van der Waals surface area (Å²) in [5.41, 5.74) is 10.1. The second-order valence-corrected chi connectivity index (χ2v) is 8.65. The molecular weight excluding hydrogens is 453 g/mol. The molecule has 1 atom stereocenters. The summed E-state index contributed by atoms with van der Waals surface area (Å²) in [5, 5.41) is 2.83. The molecule has 2 heterocycles. The number of amides is 1. The summed E-state index contributed by atoms with van der Waals surface area (Å²) >= 11 is 18.0. The van der Waals surface area contributed by atoms with Crippen molar-refractivity contribution in [2.24, 2.45) is 5.73 Å². The molecule has 156 valence electrons. The van der Waals surface area contributed by atoms with Crippen LogP contribution in [0.5, 0.6) is 0 Å². The molecule has 1 unspecified atom stereocenters. The van der Waals surface area contributed by atoms with Crippen LogP contribution in [0.3, 0.4) is 0 Å². The fourth-order valence-electron chi connectivity index (χ4n) is 2.79. The molecule has 1 aliphatic carbocycles. The summed E-state index contributed by atoms with van der Waals surface area (Å²) in [6.07, 6.45) is 4.13. The van der Waals surface area contributed by atoms with E-state index in [0.29, 0.717) is 21.1 Å². The van der Waals surface area contributed by atoms with Crippen LogP contribution in [0.15, 0.2) is 30.3 Å². The van der Waals surface area contributed by atoms with Crippen molar-refractivity contribution in [3.8, 4) is 0 Å². The minimum absolute atomic E-state index is 0.0521. The van der Waals surface area contributed by atoms with Crippen molar-refractivity contribution in [3.05, 3.63) is 56.5 Å². The number of thiophene rings is 1. The Bertz CT molecular complexity index is 965. The average molecular weight is 475 g/mol. The fraction of sp³-hybridized carbons (Fsp3) is 0.300. The Morgan fingerprint density at radius 2 is 2.03 bits per heavy atom. The van der Waals surface area contributed by atoms with Crippen molar-refractivity contribution in [2.45, 2.75) is 25.3 Å². The number of aldehydes is 1. The number of aromatic nitrogens is 1. The maximum atomic E-state index is 10.4. The number of hydrogen-bond donors (Lipinski definition) is 3. The van der Waals surface area contributed by atoms with Crippen LogP contribution in [-0.2, 0) is 17.6 Å². The molecule has 1 amide bonds. The maximum absolute atomic E-state index is 10.4. The van der Waals surface area contributed by atoms with Crippen LogP contribution >= 0.6 is 46.1 Å². The maximum Gasteiger partial charge on any atom is 0.234 e. The lowest BCUT2D eigenvalue weighted by atomic mass is 9.89. The topological polar surface area (TPSA) is 88.0 Å². The molecule has 3 aromatic rings. The monoisotopic (exact) mass is 473 g/mol. The summed E-state index contributed by atoms with van der Waals surface area (Å²) < 4.78 is 1.46. The standard InChI is InChI=1S/C10H13N.C7H3Cl2NOS.C3H6ClNO/c11-10-6-5-8-3-1-2-4-9(8)7-10;8-5-6-4(12-7(5)9)1-3(2-11)10-6;1-5-3(6)2-4/h1-4,10H,5-7,11H2;1-2,10H;2H2,1H3,(H,5,6). The first-order valence-corrected chi connectivity index (χ1v) is 11.0. The number of carbonyl (C=O) groups excluding carboxylic acids is 2. The van der Waals surface area contributed by atoms with E-state index in [2.05, 4.69) is 34.6 Å². The highest BCUT2D eigenvalue weighted by molar-refractivity contribution is 7.23. The number of aromatic amines is 1. The number of rotatable bonds is 2. The first-order chi connectivity index (χ1) is 13.9. The van der Waals surface area contributed by atoms with Crippen molar-refractivity contribution >= 4 is 68.5 Å². The molecule has 4 rings (SSSR count). The van der Waals surface area contributed by atoms with E-state index in [9.17, 15) is 9.59 Å². The van der Waals surface area contributed by atoms with Gasteiger partial charge in [-0.1, -0.05) is 47.5 Å². The quantitative estimate of drug-likeness (QED) is 0.367. The normalized spacial score (nSPS) is 14.7. The van der Waals surface area contributed by atoms with Gasteiger partial charge >= 0.3 is 0 Å². The van der Waals surface area contributed by atoms with Gasteiger partial charge in [0.2, 0.25) is 5.91 Å². The predicted molar refractivity (Wildman–Crippen MR) is 123 cm³/mol. The van der Waals surface area contributed by atoms with Gasteiger partial charge in [-0.15, -0.1) is 22.9 Å². The van der Waals surface area contributed by atoms with Crippen LogP contribution in [0.25, 0.3) is 10.2 Å². The van der Waals surface area contributed by atoms with Gasteiger partial charge in [-0.2, -0.15) is 0 Å². The lowest BCUT2D eigenvalue weighted by Gasteiger charge is -2.20. The van der Waals surface area contributed by atoms with Crippen molar-refractivity contribution in [3.63, 3.8) is 0 Å². The third kappa shape index (κ3) is 6.73. The van der Waals surface area contributed by atoms with Crippen molar-refractivity contribution in [2.75, 3.05) is 12.9 Å². The zero-order valence-corrected chi connectivity index (χ0v) is 18.9. The molecule has 2 aromatic heterocycles. The van der Waals surface area contributed by atoms with E-state index in [1.807, 2.05) is 0 Å². The van der Waals surface area contributed by atoms with E-state index in [1.54, 1.807) is 13.1 Å². The van der Waals surface area contributed by atoms with Crippen molar-refractivity contribution in [1.82, 2.24) is 10.3 Å². The highest BCUT2D eigenvalue weighted by atomic mass is 35.5. The Hall–Kier alpha value is -1.57. The number of nitrogens with one attached hydrogen (secondary N) is 2. The molecule has 0 saturated carbocycles. The molecule has 1 aromatic carbocycles. The van der Waals surface area contributed by atoms with Gasteiger partial charge in [-0.05, 0) is 36.5 Å². The summed E-state index contributed by atoms with van der Waals surface area (Å²) in [6, 6.07) is 10.7. The number of benzene rings is 1. The van der Waals surface area contributed by atoms with Crippen LogP contribution in [0.4, 0.5) is 0 Å². The van der Waals surface area contributed by atoms with Crippen molar-refractivity contribution in [1.29, 1.82) is 0 Å². The zero-order chi connectivity index (χ0) is 21.4. The fourth-order valence-corrected chi connectivity index (χ4v) is 4.42. The molecule has 0 bridgehead atoms. The van der Waals surface area contributed by atoms with E-state index in [1.165, 1.54) is 22.5 Å². The van der Waals surface area contributed by atoms with Crippen LogP contribution < -0.4 is 11.1 Å². The average Bonchev–Trinajstić information content (AvgIpc) is 3.26. The number of aryl methyl sites for hydroxylation is 1.